The number of nitro groups is 2. The summed E-state index contributed by atoms with van der Waals surface area (Å²) >= 11 is 0. The molecule has 9 nitrogen and oxygen atoms in total. The average Bonchev–Trinajstić information content (AvgIpc) is 2.73. The van der Waals surface area contributed by atoms with Gasteiger partial charge in [-0.05, 0) is 29.8 Å². The Labute approximate surface area is 164 Å². The van der Waals surface area contributed by atoms with Crippen LogP contribution < -0.4 is 9.47 Å². The summed E-state index contributed by atoms with van der Waals surface area (Å²) in [7, 11) is 0. The van der Waals surface area contributed by atoms with Gasteiger partial charge in [0, 0.05) is 12.1 Å². The summed E-state index contributed by atoms with van der Waals surface area (Å²) in [6.45, 7) is 0.372. The van der Waals surface area contributed by atoms with Crippen LogP contribution >= 0.6 is 0 Å². The van der Waals surface area contributed by atoms with Crippen molar-refractivity contribution in [3.63, 3.8) is 0 Å². The minimum Gasteiger partial charge on any atom is -0.489 e. The van der Waals surface area contributed by atoms with Gasteiger partial charge >= 0.3 is 5.97 Å². The van der Waals surface area contributed by atoms with Crippen molar-refractivity contribution >= 4 is 17.3 Å². The predicted octanol–water partition coefficient (Wildman–Crippen LogP) is 4.30. The van der Waals surface area contributed by atoms with Crippen LogP contribution in [0.4, 0.5) is 11.4 Å². The summed E-state index contributed by atoms with van der Waals surface area (Å²) in [4.78, 5) is 32.5. The second kappa shape index (κ2) is 8.61. The topological polar surface area (TPSA) is 122 Å². The molecule has 0 bridgehead atoms. The van der Waals surface area contributed by atoms with Crippen LogP contribution in [0.15, 0.2) is 72.8 Å². The number of rotatable bonds is 7. The average molecular weight is 394 g/mol. The van der Waals surface area contributed by atoms with Gasteiger partial charge < -0.3 is 9.47 Å². The molecule has 3 aromatic rings. The van der Waals surface area contributed by atoms with Gasteiger partial charge in [0.1, 0.15) is 18.1 Å². The number of benzene rings is 3. The molecule has 0 spiro atoms. The quantitative estimate of drug-likeness (QED) is 0.253. The van der Waals surface area contributed by atoms with Crippen LogP contribution in [0, 0.1) is 20.2 Å². The van der Waals surface area contributed by atoms with Crippen LogP contribution in [-0.4, -0.2) is 15.8 Å². The van der Waals surface area contributed by atoms with E-state index in [1.165, 1.54) is 12.1 Å². The summed E-state index contributed by atoms with van der Waals surface area (Å²) in [5.74, 6) is -0.231. The molecule has 0 saturated carbocycles. The van der Waals surface area contributed by atoms with Crippen molar-refractivity contribution in [2.24, 2.45) is 0 Å². The summed E-state index contributed by atoms with van der Waals surface area (Å²) in [5.41, 5.74) is -0.447. The Balaban J connectivity index is 1.69. The fourth-order valence-corrected chi connectivity index (χ4v) is 2.43. The van der Waals surface area contributed by atoms with E-state index >= 15 is 0 Å². The van der Waals surface area contributed by atoms with Crippen molar-refractivity contribution in [2.75, 3.05) is 0 Å². The third-order valence-corrected chi connectivity index (χ3v) is 3.84. The lowest BCUT2D eigenvalue weighted by Gasteiger charge is -2.08. The predicted molar refractivity (Wildman–Crippen MR) is 102 cm³/mol. The van der Waals surface area contributed by atoms with E-state index in [0.29, 0.717) is 12.4 Å². The summed E-state index contributed by atoms with van der Waals surface area (Å²) in [5, 5.41) is 21.9. The summed E-state index contributed by atoms with van der Waals surface area (Å²) in [6, 6.07) is 18.4. The fourth-order valence-electron chi connectivity index (χ4n) is 2.43. The minimum atomic E-state index is -0.949. The first-order chi connectivity index (χ1) is 13.9. The van der Waals surface area contributed by atoms with E-state index in [4.69, 9.17) is 9.47 Å². The molecule has 0 heterocycles. The molecule has 0 radical (unpaired) electrons. The zero-order chi connectivity index (χ0) is 20.8. The molecule has 0 aliphatic carbocycles. The highest BCUT2D eigenvalue weighted by molar-refractivity contribution is 5.92. The van der Waals surface area contributed by atoms with Crippen LogP contribution in [-0.2, 0) is 6.61 Å². The standard InChI is InChI=1S/C20H14N2O7/c23-20(15-10-16(21(24)25)12-17(11-15)22(26)27)29-19-8-6-18(7-9-19)28-13-14-4-2-1-3-5-14/h1-12H,13H2. The number of carbonyl (C=O) groups is 1. The van der Waals surface area contributed by atoms with Gasteiger partial charge in [-0.15, -0.1) is 0 Å². The number of esters is 1. The van der Waals surface area contributed by atoms with Gasteiger partial charge in [-0.1, -0.05) is 30.3 Å². The number of hydrogen-bond acceptors (Lipinski definition) is 7. The summed E-state index contributed by atoms with van der Waals surface area (Å²) in [6.07, 6.45) is 0. The molecule has 0 unspecified atom stereocenters. The summed E-state index contributed by atoms with van der Waals surface area (Å²) < 4.78 is 10.8. The van der Waals surface area contributed by atoms with Gasteiger partial charge in [0.15, 0.2) is 0 Å². The highest BCUT2D eigenvalue weighted by atomic mass is 16.6. The van der Waals surface area contributed by atoms with E-state index < -0.39 is 27.2 Å². The Morgan fingerprint density at radius 1 is 0.793 bits per heavy atom. The normalized spacial score (nSPS) is 10.2. The van der Waals surface area contributed by atoms with E-state index in [1.54, 1.807) is 12.1 Å². The van der Waals surface area contributed by atoms with Crippen molar-refractivity contribution in [3.05, 3.63) is 104 Å². The second-order valence-corrected chi connectivity index (χ2v) is 5.89. The van der Waals surface area contributed by atoms with Gasteiger partial charge in [0.05, 0.1) is 21.5 Å². The number of nitro benzene ring substituents is 2. The molecule has 0 aliphatic heterocycles. The molecule has 146 valence electrons. The Bertz CT molecular complexity index is 1020. The lowest BCUT2D eigenvalue weighted by molar-refractivity contribution is -0.394. The van der Waals surface area contributed by atoms with Crippen molar-refractivity contribution in [2.45, 2.75) is 6.61 Å². The van der Waals surface area contributed by atoms with Gasteiger partial charge in [-0.3, -0.25) is 20.2 Å². The van der Waals surface area contributed by atoms with Gasteiger partial charge in [-0.2, -0.15) is 0 Å². The SMILES string of the molecule is O=C(Oc1ccc(OCc2ccccc2)cc1)c1cc([N+](=O)[O-])cc([N+](=O)[O-])c1. The number of hydrogen-bond donors (Lipinski definition) is 0. The van der Waals surface area contributed by atoms with Gasteiger partial charge in [0.25, 0.3) is 11.4 Å². The molecule has 0 aromatic heterocycles. The molecule has 0 atom stereocenters. The molecular formula is C20H14N2O7. The third kappa shape index (κ3) is 5.13. The fraction of sp³-hybridized carbons (Fsp3) is 0.0500. The maximum absolute atomic E-state index is 12.3. The largest absolute Gasteiger partial charge is 0.489 e. The molecule has 0 aliphatic rings. The molecule has 0 fully saturated rings. The maximum Gasteiger partial charge on any atom is 0.344 e. The first-order valence-electron chi connectivity index (χ1n) is 8.35. The Morgan fingerprint density at radius 2 is 1.34 bits per heavy atom. The molecule has 9 heteroatoms. The van der Waals surface area contributed by atoms with E-state index in [0.717, 1.165) is 23.8 Å². The van der Waals surface area contributed by atoms with Crippen LogP contribution in [0.2, 0.25) is 0 Å². The first kappa shape index (κ1) is 19.5. The number of non-ortho nitro benzene ring substituents is 2. The number of carbonyl (C=O) groups excluding carboxylic acids is 1. The van der Waals surface area contributed by atoms with Crippen LogP contribution in [0.3, 0.4) is 0 Å². The lowest BCUT2D eigenvalue weighted by atomic mass is 10.2. The molecule has 0 amide bonds. The van der Waals surface area contributed by atoms with Crippen molar-refractivity contribution < 1.29 is 24.1 Å². The molecule has 3 aromatic carbocycles. The minimum absolute atomic E-state index is 0.163. The zero-order valence-electron chi connectivity index (χ0n) is 14.9. The zero-order valence-corrected chi connectivity index (χ0v) is 14.9. The highest BCUT2D eigenvalue weighted by Crippen LogP contribution is 2.25. The van der Waals surface area contributed by atoms with Crippen LogP contribution in [0.5, 0.6) is 11.5 Å². The van der Waals surface area contributed by atoms with Crippen LogP contribution in [0.1, 0.15) is 15.9 Å². The Kier molecular flexibility index (Phi) is 5.79. The number of ether oxygens (including phenoxy) is 2. The molecule has 0 saturated heterocycles. The van der Waals surface area contributed by atoms with E-state index in [1.807, 2.05) is 30.3 Å². The second-order valence-electron chi connectivity index (χ2n) is 5.89. The van der Waals surface area contributed by atoms with Crippen molar-refractivity contribution in [1.82, 2.24) is 0 Å². The molecule has 29 heavy (non-hydrogen) atoms. The Morgan fingerprint density at radius 3 is 1.90 bits per heavy atom. The first-order valence-corrected chi connectivity index (χ1v) is 8.35. The molecule has 0 N–H and O–H groups in total. The van der Waals surface area contributed by atoms with Crippen molar-refractivity contribution in [3.8, 4) is 11.5 Å². The maximum atomic E-state index is 12.3. The lowest BCUT2D eigenvalue weighted by Crippen LogP contribution is -2.09. The highest BCUT2D eigenvalue weighted by Gasteiger charge is 2.21. The Hall–Kier alpha value is -4.27. The number of nitrogens with zero attached hydrogens (tertiary/aromatic N) is 2. The molecular weight excluding hydrogens is 380 g/mol. The van der Waals surface area contributed by atoms with Gasteiger partial charge in [-0.25, -0.2) is 4.79 Å². The van der Waals surface area contributed by atoms with E-state index in [2.05, 4.69) is 0 Å². The molecule has 3 rings (SSSR count). The monoisotopic (exact) mass is 394 g/mol. The van der Waals surface area contributed by atoms with Crippen molar-refractivity contribution in [1.29, 1.82) is 0 Å². The van der Waals surface area contributed by atoms with E-state index in [-0.39, 0.29) is 11.3 Å². The van der Waals surface area contributed by atoms with Crippen LogP contribution in [0.25, 0.3) is 0 Å². The van der Waals surface area contributed by atoms with Gasteiger partial charge in [0.2, 0.25) is 0 Å². The third-order valence-electron chi connectivity index (χ3n) is 3.84. The van der Waals surface area contributed by atoms with E-state index in [9.17, 15) is 25.0 Å². The smallest absolute Gasteiger partial charge is 0.344 e.